The van der Waals surface area contributed by atoms with Crippen molar-refractivity contribution in [3.05, 3.63) is 65.5 Å². The van der Waals surface area contributed by atoms with Crippen molar-refractivity contribution in [1.82, 2.24) is 4.98 Å². The van der Waals surface area contributed by atoms with Gasteiger partial charge in [0.1, 0.15) is 0 Å². The number of amides is 1. The minimum Gasteiger partial charge on any atom is -0.494 e. The fourth-order valence-corrected chi connectivity index (χ4v) is 3.35. The van der Waals surface area contributed by atoms with Gasteiger partial charge in [0.2, 0.25) is 0 Å². The van der Waals surface area contributed by atoms with E-state index in [0.717, 1.165) is 5.39 Å². The summed E-state index contributed by atoms with van der Waals surface area (Å²) in [5.41, 5.74) is 8.14. The second-order valence-electron chi connectivity index (χ2n) is 6.35. The summed E-state index contributed by atoms with van der Waals surface area (Å²) in [4.78, 5) is 26.3. The molecule has 4 rings (SSSR count). The average Bonchev–Trinajstić information content (AvgIpc) is 3.04. The predicted octanol–water partition coefficient (Wildman–Crippen LogP) is 3.93. The third-order valence-electron chi connectivity index (χ3n) is 4.71. The number of aromatic amines is 1. The van der Waals surface area contributed by atoms with Gasteiger partial charge in [-0.05, 0) is 47.5 Å². The molecular formula is C21H15FN2O4. The first kappa shape index (κ1) is 17.5. The van der Waals surface area contributed by atoms with E-state index in [1.807, 2.05) is 6.07 Å². The van der Waals surface area contributed by atoms with Crippen LogP contribution in [0.4, 0.5) is 4.39 Å². The van der Waals surface area contributed by atoms with Gasteiger partial charge in [0.25, 0.3) is 5.91 Å². The van der Waals surface area contributed by atoms with Crippen LogP contribution in [0.2, 0.25) is 0 Å². The molecule has 0 radical (unpaired) electrons. The minimum absolute atomic E-state index is 0.119. The number of aromatic nitrogens is 1. The van der Waals surface area contributed by atoms with E-state index in [9.17, 15) is 19.1 Å². The number of ether oxygens (including phenoxy) is 1. The van der Waals surface area contributed by atoms with Gasteiger partial charge in [0.05, 0.1) is 23.8 Å². The largest absolute Gasteiger partial charge is 0.494 e. The van der Waals surface area contributed by atoms with Gasteiger partial charge in [-0.2, -0.15) is 0 Å². The molecule has 28 heavy (non-hydrogen) atoms. The molecule has 0 aliphatic heterocycles. The quantitative estimate of drug-likeness (QED) is 0.500. The fourth-order valence-electron chi connectivity index (χ4n) is 3.35. The van der Waals surface area contributed by atoms with Crippen LogP contribution >= 0.6 is 0 Å². The van der Waals surface area contributed by atoms with Crippen LogP contribution in [0.25, 0.3) is 32.9 Å². The van der Waals surface area contributed by atoms with Gasteiger partial charge in [-0.15, -0.1) is 0 Å². The van der Waals surface area contributed by atoms with Crippen molar-refractivity contribution >= 4 is 33.7 Å². The van der Waals surface area contributed by atoms with Crippen LogP contribution in [0.15, 0.2) is 48.5 Å². The van der Waals surface area contributed by atoms with Crippen molar-refractivity contribution < 1.29 is 23.8 Å². The summed E-state index contributed by atoms with van der Waals surface area (Å²) >= 11 is 0. The van der Waals surface area contributed by atoms with E-state index < -0.39 is 17.7 Å². The van der Waals surface area contributed by atoms with Crippen molar-refractivity contribution in [2.24, 2.45) is 5.73 Å². The summed E-state index contributed by atoms with van der Waals surface area (Å²) in [5, 5.41) is 10.6. The van der Waals surface area contributed by atoms with Crippen LogP contribution in [0, 0.1) is 5.82 Å². The summed E-state index contributed by atoms with van der Waals surface area (Å²) < 4.78 is 19.1. The first-order valence-electron chi connectivity index (χ1n) is 8.35. The number of benzene rings is 3. The zero-order valence-electron chi connectivity index (χ0n) is 14.7. The molecule has 4 aromatic rings. The van der Waals surface area contributed by atoms with E-state index >= 15 is 0 Å². The van der Waals surface area contributed by atoms with Crippen LogP contribution in [0.5, 0.6) is 5.75 Å². The van der Waals surface area contributed by atoms with Gasteiger partial charge in [0.15, 0.2) is 11.6 Å². The Morgan fingerprint density at radius 1 is 1.04 bits per heavy atom. The number of nitrogens with two attached hydrogens (primary N) is 1. The van der Waals surface area contributed by atoms with Crippen LogP contribution in [-0.2, 0) is 0 Å². The highest BCUT2D eigenvalue weighted by Gasteiger charge is 2.16. The molecule has 0 aliphatic rings. The number of H-pyrrole nitrogens is 1. The Bertz CT molecular complexity index is 1280. The van der Waals surface area contributed by atoms with E-state index in [1.165, 1.54) is 31.4 Å². The average molecular weight is 378 g/mol. The number of carboxylic acids is 1. The fraction of sp³-hybridized carbons (Fsp3) is 0.0476. The SMILES string of the molecule is COc1ccc(-c2cc(C(N)=O)c3[nH]c4cc(C(=O)O)ccc4c3c2)cc1F. The Balaban J connectivity index is 2.01. The highest BCUT2D eigenvalue weighted by atomic mass is 19.1. The molecule has 0 bridgehead atoms. The molecule has 1 aromatic heterocycles. The number of primary amides is 1. The summed E-state index contributed by atoms with van der Waals surface area (Å²) in [6.07, 6.45) is 0. The molecule has 140 valence electrons. The molecule has 6 nitrogen and oxygen atoms in total. The molecule has 7 heteroatoms. The Kier molecular flexibility index (Phi) is 4.00. The molecule has 0 saturated heterocycles. The van der Waals surface area contributed by atoms with Gasteiger partial charge in [-0.25, -0.2) is 9.18 Å². The number of carbonyl (C=O) groups is 2. The van der Waals surface area contributed by atoms with Gasteiger partial charge in [-0.3, -0.25) is 4.79 Å². The first-order chi connectivity index (χ1) is 13.4. The molecule has 3 aromatic carbocycles. The molecular weight excluding hydrogens is 363 g/mol. The second kappa shape index (κ2) is 6.38. The topological polar surface area (TPSA) is 105 Å². The third-order valence-corrected chi connectivity index (χ3v) is 4.71. The van der Waals surface area contributed by atoms with E-state index in [1.54, 1.807) is 18.2 Å². The number of carboxylic acid groups (broad SMARTS) is 1. The van der Waals surface area contributed by atoms with E-state index in [2.05, 4.69) is 4.98 Å². The third kappa shape index (κ3) is 2.73. The van der Waals surface area contributed by atoms with Crippen molar-refractivity contribution in [1.29, 1.82) is 0 Å². The van der Waals surface area contributed by atoms with Crippen LogP contribution in [0.1, 0.15) is 20.7 Å². The predicted molar refractivity (Wildman–Crippen MR) is 103 cm³/mol. The van der Waals surface area contributed by atoms with Gasteiger partial charge in [-0.1, -0.05) is 12.1 Å². The van der Waals surface area contributed by atoms with Gasteiger partial charge in [0, 0.05) is 16.3 Å². The normalized spacial score (nSPS) is 11.1. The summed E-state index contributed by atoms with van der Waals surface area (Å²) in [5.74, 6) is -2.10. The van der Waals surface area contributed by atoms with Gasteiger partial charge < -0.3 is 20.6 Å². The standard InChI is InChI=1S/C21H15FN2O4/c1-28-18-5-3-10(8-16(18)22)12-6-14-13-4-2-11(21(26)27)9-17(13)24-19(14)15(7-12)20(23)25/h2-9,24H,1H3,(H2,23,25)(H,26,27). The molecule has 0 fully saturated rings. The molecule has 0 aliphatic carbocycles. The smallest absolute Gasteiger partial charge is 0.335 e. The lowest BCUT2D eigenvalue weighted by Crippen LogP contribution is -2.11. The molecule has 0 spiro atoms. The zero-order valence-corrected chi connectivity index (χ0v) is 14.7. The molecule has 0 saturated carbocycles. The Morgan fingerprint density at radius 2 is 1.82 bits per heavy atom. The molecule has 4 N–H and O–H groups in total. The first-order valence-corrected chi connectivity index (χ1v) is 8.35. The maximum atomic E-state index is 14.1. The lowest BCUT2D eigenvalue weighted by Gasteiger charge is -2.08. The molecule has 0 unspecified atom stereocenters. The number of fused-ring (bicyclic) bond motifs is 3. The van der Waals surface area contributed by atoms with E-state index in [0.29, 0.717) is 27.5 Å². The maximum Gasteiger partial charge on any atom is 0.335 e. The van der Waals surface area contributed by atoms with Crippen LogP contribution < -0.4 is 10.5 Å². The summed E-state index contributed by atoms with van der Waals surface area (Å²) in [6, 6.07) is 12.6. The number of rotatable bonds is 4. The lowest BCUT2D eigenvalue weighted by atomic mass is 9.98. The Morgan fingerprint density at radius 3 is 2.46 bits per heavy atom. The van der Waals surface area contributed by atoms with Gasteiger partial charge >= 0.3 is 5.97 Å². The number of hydrogen-bond donors (Lipinski definition) is 3. The van der Waals surface area contributed by atoms with Crippen molar-refractivity contribution in [2.75, 3.05) is 7.11 Å². The van der Waals surface area contributed by atoms with Crippen LogP contribution in [-0.4, -0.2) is 29.1 Å². The molecule has 0 atom stereocenters. The highest BCUT2D eigenvalue weighted by molar-refractivity contribution is 6.16. The van der Waals surface area contributed by atoms with E-state index in [-0.39, 0.29) is 16.9 Å². The number of halogens is 1. The minimum atomic E-state index is -1.05. The monoisotopic (exact) mass is 378 g/mol. The summed E-state index contributed by atoms with van der Waals surface area (Å²) in [6.45, 7) is 0. The van der Waals surface area contributed by atoms with Crippen molar-refractivity contribution in [2.45, 2.75) is 0 Å². The number of nitrogens with one attached hydrogen (secondary N) is 1. The Hall–Kier alpha value is -3.87. The Labute approximate surface area is 158 Å². The lowest BCUT2D eigenvalue weighted by molar-refractivity contribution is 0.0696. The number of aromatic carboxylic acids is 1. The van der Waals surface area contributed by atoms with Crippen molar-refractivity contribution in [3.63, 3.8) is 0 Å². The number of hydrogen-bond acceptors (Lipinski definition) is 3. The molecule has 1 heterocycles. The van der Waals surface area contributed by atoms with Crippen LogP contribution in [0.3, 0.4) is 0 Å². The van der Waals surface area contributed by atoms with E-state index in [4.69, 9.17) is 10.5 Å². The number of methoxy groups -OCH3 is 1. The number of carbonyl (C=O) groups excluding carboxylic acids is 1. The van der Waals surface area contributed by atoms with Crippen molar-refractivity contribution in [3.8, 4) is 16.9 Å². The second-order valence-corrected chi connectivity index (χ2v) is 6.35. The molecule has 1 amide bonds. The summed E-state index contributed by atoms with van der Waals surface area (Å²) in [7, 11) is 1.38. The zero-order chi connectivity index (χ0) is 20.0. The maximum absolute atomic E-state index is 14.1. The highest BCUT2D eigenvalue weighted by Crippen LogP contribution is 2.34.